The van der Waals surface area contributed by atoms with Crippen molar-refractivity contribution in [3.63, 3.8) is 0 Å². The van der Waals surface area contributed by atoms with Crippen molar-refractivity contribution in [1.82, 2.24) is 5.32 Å². The molecule has 0 atom stereocenters. The predicted octanol–water partition coefficient (Wildman–Crippen LogP) is 4.78. The van der Waals surface area contributed by atoms with Crippen molar-refractivity contribution >= 4 is 33.4 Å². The molecular formula is C26H29FN2O4S2. The summed E-state index contributed by atoms with van der Waals surface area (Å²) < 4.78 is 46.4. The Balaban J connectivity index is 1.62. The molecule has 0 saturated heterocycles. The van der Waals surface area contributed by atoms with E-state index in [0.717, 1.165) is 33.4 Å². The number of carbonyl (C=O) groups is 1. The zero-order valence-corrected chi connectivity index (χ0v) is 21.4. The Morgan fingerprint density at radius 2 is 1.71 bits per heavy atom. The normalized spacial score (nSPS) is 11.2. The van der Waals surface area contributed by atoms with Gasteiger partial charge in [-0.15, -0.1) is 0 Å². The van der Waals surface area contributed by atoms with Crippen LogP contribution in [0.1, 0.15) is 17.5 Å². The number of amides is 1. The topological polar surface area (TPSA) is 75.7 Å². The van der Waals surface area contributed by atoms with Gasteiger partial charge < -0.3 is 10.1 Å². The smallest absolute Gasteiger partial charge is 0.264 e. The predicted molar refractivity (Wildman–Crippen MR) is 139 cm³/mol. The molecule has 0 radical (unpaired) electrons. The van der Waals surface area contributed by atoms with E-state index in [0.29, 0.717) is 18.0 Å². The fourth-order valence-electron chi connectivity index (χ4n) is 3.33. The second-order valence-electron chi connectivity index (χ2n) is 7.88. The van der Waals surface area contributed by atoms with Crippen LogP contribution >= 0.6 is 11.8 Å². The van der Waals surface area contributed by atoms with E-state index < -0.39 is 15.9 Å². The van der Waals surface area contributed by atoms with Gasteiger partial charge in [-0.05, 0) is 61.1 Å². The highest BCUT2D eigenvalue weighted by Gasteiger charge is 2.29. The van der Waals surface area contributed by atoms with Crippen molar-refractivity contribution in [3.8, 4) is 5.75 Å². The van der Waals surface area contributed by atoms with Crippen LogP contribution in [0.5, 0.6) is 5.75 Å². The molecule has 3 rings (SSSR count). The first-order valence-electron chi connectivity index (χ1n) is 11.1. The summed E-state index contributed by atoms with van der Waals surface area (Å²) in [5.74, 6) is 1.25. The van der Waals surface area contributed by atoms with Crippen LogP contribution in [0.15, 0.2) is 77.7 Å². The first kappa shape index (κ1) is 26.6. The number of halogens is 1. The number of carbonyl (C=O) groups excluding carboxylic acids is 1. The Morgan fingerprint density at radius 1 is 1.03 bits per heavy atom. The van der Waals surface area contributed by atoms with Crippen molar-refractivity contribution < 1.29 is 22.3 Å². The molecule has 9 heteroatoms. The molecule has 0 saturated carbocycles. The number of nitrogens with zero attached hydrogens (tertiary/aromatic N) is 1. The van der Waals surface area contributed by atoms with E-state index >= 15 is 0 Å². The van der Waals surface area contributed by atoms with Gasteiger partial charge in [-0.3, -0.25) is 9.10 Å². The number of sulfonamides is 1. The van der Waals surface area contributed by atoms with Crippen LogP contribution in [0.25, 0.3) is 0 Å². The molecule has 0 aliphatic carbocycles. The third-order valence-electron chi connectivity index (χ3n) is 5.22. The molecule has 0 fully saturated rings. The van der Waals surface area contributed by atoms with Gasteiger partial charge in [0.15, 0.2) is 0 Å². The van der Waals surface area contributed by atoms with Crippen LogP contribution in [0.3, 0.4) is 0 Å². The van der Waals surface area contributed by atoms with E-state index in [2.05, 4.69) is 5.32 Å². The zero-order chi connectivity index (χ0) is 25.3. The minimum Gasteiger partial charge on any atom is -0.495 e. The molecule has 0 bridgehead atoms. The lowest BCUT2D eigenvalue weighted by Gasteiger charge is -2.25. The van der Waals surface area contributed by atoms with Crippen LogP contribution in [0.4, 0.5) is 10.1 Å². The summed E-state index contributed by atoms with van der Waals surface area (Å²) in [5.41, 5.74) is 2.26. The Kier molecular flexibility index (Phi) is 9.56. The highest BCUT2D eigenvalue weighted by Crippen LogP contribution is 2.32. The van der Waals surface area contributed by atoms with Crippen molar-refractivity contribution in [2.45, 2.75) is 24.0 Å². The lowest BCUT2D eigenvalue weighted by atomic mass is 10.2. The molecule has 0 aliphatic heterocycles. The molecule has 1 N–H and O–H groups in total. The molecule has 0 unspecified atom stereocenters. The zero-order valence-electron chi connectivity index (χ0n) is 19.7. The number of aryl methyl sites for hydroxylation is 1. The number of ether oxygens (including phenoxy) is 1. The SMILES string of the molecule is COc1ccccc1N(CC(=O)NCCCSCc1ccc(F)cc1)S(=O)(=O)c1ccc(C)cc1. The van der Waals surface area contributed by atoms with Crippen LogP contribution in [0, 0.1) is 12.7 Å². The number of methoxy groups -OCH3 is 1. The van der Waals surface area contributed by atoms with Gasteiger partial charge in [-0.25, -0.2) is 12.8 Å². The van der Waals surface area contributed by atoms with Gasteiger partial charge in [-0.1, -0.05) is 42.0 Å². The molecule has 3 aromatic carbocycles. The highest BCUT2D eigenvalue weighted by molar-refractivity contribution is 7.98. The van der Waals surface area contributed by atoms with Gasteiger partial charge in [0.25, 0.3) is 10.0 Å². The first-order valence-corrected chi connectivity index (χ1v) is 13.7. The van der Waals surface area contributed by atoms with Crippen LogP contribution in [-0.4, -0.2) is 40.3 Å². The Morgan fingerprint density at radius 3 is 2.40 bits per heavy atom. The quantitative estimate of drug-likeness (QED) is 0.351. The van der Waals surface area contributed by atoms with Gasteiger partial charge in [0.1, 0.15) is 18.1 Å². The molecule has 0 heterocycles. The maximum Gasteiger partial charge on any atom is 0.264 e. The number of benzene rings is 3. The minimum atomic E-state index is -4.01. The van der Waals surface area contributed by atoms with Crippen molar-refractivity contribution in [1.29, 1.82) is 0 Å². The number of rotatable bonds is 12. The van der Waals surface area contributed by atoms with E-state index in [4.69, 9.17) is 4.74 Å². The maximum atomic E-state index is 13.5. The minimum absolute atomic E-state index is 0.0963. The summed E-state index contributed by atoms with van der Waals surface area (Å²) in [6, 6.07) is 19.6. The molecule has 3 aromatic rings. The summed E-state index contributed by atoms with van der Waals surface area (Å²) in [6.45, 7) is 1.92. The summed E-state index contributed by atoms with van der Waals surface area (Å²) in [4.78, 5) is 12.8. The third-order valence-corrected chi connectivity index (χ3v) is 8.11. The van der Waals surface area contributed by atoms with E-state index in [1.54, 1.807) is 60.3 Å². The first-order chi connectivity index (χ1) is 16.8. The molecule has 186 valence electrons. The van der Waals surface area contributed by atoms with Crippen LogP contribution < -0.4 is 14.4 Å². The molecule has 1 amide bonds. The van der Waals surface area contributed by atoms with Gasteiger partial charge in [0, 0.05) is 12.3 Å². The largest absolute Gasteiger partial charge is 0.495 e. The summed E-state index contributed by atoms with van der Waals surface area (Å²) in [5, 5.41) is 2.81. The maximum absolute atomic E-state index is 13.5. The second-order valence-corrected chi connectivity index (χ2v) is 10.8. The Bertz CT molecular complexity index is 1220. The number of para-hydroxylation sites is 2. The summed E-state index contributed by atoms with van der Waals surface area (Å²) >= 11 is 1.69. The Hall–Kier alpha value is -3.04. The van der Waals surface area contributed by atoms with Gasteiger partial charge in [0.2, 0.25) is 5.91 Å². The number of hydrogen-bond donors (Lipinski definition) is 1. The monoisotopic (exact) mass is 516 g/mol. The molecule has 0 spiro atoms. The van der Waals surface area contributed by atoms with E-state index in [-0.39, 0.29) is 17.3 Å². The molecular weight excluding hydrogens is 487 g/mol. The van der Waals surface area contributed by atoms with Gasteiger partial charge in [0.05, 0.1) is 17.7 Å². The number of anilines is 1. The summed E-state index contributed by atoms with van der Waals surface area (Å²) in [6.07, 6.45) is 0.719. The molecule has 35 heavy (non-hydrogen) atoms. The van der Waals surface area contributed by atoms with Crippen LogP contribution in [0.2, 0.25) is 0 Å². The second kappa shape index (κ2) is 12.6. The van der Waals surface area contributed by atoms with Crippen molar-refractivity contribution in [3.05, 3.63) is 89.7 Å². The summed E-state index contributed by atoms with van der Waals surface area (Å²) in [7, 11) is -2.55. The molecule has 0 aromatic heterocycles. The van der Waals surface area contributed by atoms with Crippen molar-refractivity contribution in [2.24, 2.45) is 0 Å². The fraction of sp³-hybridized carbons (Fsp3) is 0.269. The Labute approximate surface area is 210 Å². The highest BCUT2D eigenvalue weighted by atomic mass is 32.2. The number of hydrogen-bond acceptors (Lipinski definition) is 5. The van der Waals surface area contributed by atoms with E-state index in [1.165, 1.54) is 31.4 Å². The molecule has 0 aliphatic rings. The van der Waals surface area contributed by atoms with Crippen molar-refractivity contribution in [2.75, 3.05) is 30.3 Å². The van der Waals surface area contributed by atoms with Gasteiger partial charge in [-0.2, -0.15) is 11.8 Å². The molecule has 6 nitrogen and oxygen atoms in total. The van der Waals surface area contributed by atoms with Gasteiger partial charge >= 0.3 is 0 Å². The fourth-order valence-corrected chi connectivity index (χ4v) is 5.68. The van der Waals surface area contributed by atoms with Crippen LogP contribution in [-0.2, 0) is 20.6 Å². The average molecular weight is 517 g/mol. The number of nitrogens with one attached hydrogen (secondary N) is 1. The standard InChI is InChI=1S/C26H29FN2O4S2/c1-20-8-14-23(15-9-20)35(31,32)29(24-6-3-4-7-25(24)33-2)18-26(30)28-16-5-17-34-19-21-10-12-22(27)13-11-21/h3-4,6-15H,5,16-19H2,1-2H3,(H,28,30). The average Bonchev–Trinajstić information content (AvgIpc) is 2.86. The van der Waals surface area contributed by atoms with E-state index in [1.807, 2.05) is 6.92 Å². The van der Waals surface area contributed by atoms with E-state index in [9.17, 15) is 17.6 Å². The number of thioether (sulfide) groups is 1. The lowest BCUT2D eigenvalue weighted by molar-refractivity contribution is -0.119. The lowest BCUT2D eigenvalue weighted by Crippen LogP contribution is -2.41. The third kappa shape index (κ3) is 7.47.